The largest absolute Gasteiger partial charge is 0.468 e. The van der Waals surface area contributed by atoms with E-state index in [9.17, 15) is 0 Å². The molecule has 0 aliphatic carbocycles. The Morgan fingerprint density at radius 1 is 1.47 bits per heavy atom. The van der Waals surface area contributed by atoms with Gasteiger partial charge in [0, 0.05) is 10.9 Å². The summed E-state index contributed by atoms with van der Waals surface area (Å²) in [7, 11) is 0. The molecule has 2 aromatic heterocycles. The van der Waals surface area contributed by atoms with E-state index in [-0.39, 0.29) is 0 Å². The van der Waals surface area contributed by atoms with Crippen LogP contribution < -0.4 is 5.32 Å². The summed E-state index contributed by atoms with van der Waals surface area (Å²) < 4.78 is 5.37. The Hall–Kier alpha value is -1.06. The Kier molecular flexibility index (Phi) is 3.23. The molecule has 0 saturated carbocycles. The van der Waals surface area contributed by atoms with E-state index in [4.69, 9.17) is 4.42 Å². The summed E-state index contributed by atoms with van der Waals surface area (Å²) in [4.78, 5) is 1.36. The fourth-order valence-corrected chi connectivity index (χ4v) is 2.23. The molecule has 1 atom stereocenters. The molecule has 2 rings (SSSR count). The minimum absolute atomic E-state index is 0.384. The van der Waals surface area contributed by atoms with Crippen molar-refractivity contribution in [2.75, 3.05) is 0 Å². The first kappa shape index (κ1) is 10.5. The highest BCUT2D eigenvalue weighted by molar-refractivity contribution is 7.10. The molecule has 2 aromatic rings. The van der Waals surface area contributed by atoms with E-state index in [1.807, 2.05) is 6.07 Å². The second kappa shape index (κ2) is 4.64. The first-order chi connectivity index (χ1) is 7.27. The third-order valence-corrected chi connectivity index (χ3v) is 3.56. The van der Waals surface area contributed by atoms with Crippen LogP contribution in [0.2, 0.25) is 0 Å². The number of thiophene rings is 1. The number of rotatable bonds is 4. The number of nitrogens with one attached hydrogen (secondary N) is 1. The van der Waals surface area contributed by atoms with Gasteiger partial charge in [0.2, 0.25) is 0 Å². The molecule has 2 heterocycles. The zero-order chi connectivity index (χ0) is 10.7. The molecule has 80 valence electrons. The molecule has 1 N–H and O–H groups in total. The van der Waals surface area contributed by atoms with Crippen LogP contribution in [-0.2, 0) is 6.54 Å². The quantitative estimate of drug-likeness (QED) is 0.854. The highest BCUT2D eigenvalue weighted by Gasteiger charge is 2.07. The molecule has 0 radical (unpaired) electrons. The van der Waals surface area contributed by atoms with Gasteiger partial charge >= 0.3 is 0 Å². The molecule has 0 aliphatic rings. The lowest BCUT2D eigenvalue weighted by atomic mass is 10.2. The second-order valence-electron chi connectivity index (χ2n) is 3.64. The highest BCUT2D eigenvalue weighted by atomic mass is 32.1. The molecule has 15 heavy (non-hydrogen) atoms. The van der Waals surface area contributed by atoms with Crippen molar-refractivity contribution >= 4 is 11.3 Å². The van der Waals surface area contributed by atoms with Crippen LogP contribution in [0.5, 0.6) is 0 Å². The lowest BCUT2D eigenvalue weighted by Crippen LogP contribution is -2.17. The van der Waals surface area contributed by atoms with E-state index in [0.29, 0.717) is 6.04 Å². The van der Waals surface area contributed by atoms with Gasteiger partial charge < -0.3 is 9.73 Å². The Morgan fingerprint density at radius 2 is 2.33 bits per heavy atom. The van der Waals surface area contributed by atoms with Crippen LogP contribution in [0.1, 0.15) is 29.2 Å². The van der Waals surface area contributed by atoms with Crippen LogP contribution in [-0.4, -0.2) is 0 Å². The minimum Gasteiger partial charge on any atom is -0.468 e. The van der Waals surface area contributed by atoms with Gasteiger partial charge in [0.15, 0.2) is 0 Å². The van der Waals surface area contributed by atoms with Gasteiger partial charge in [-0.25, -0.2) is 0 Å². The van der Waals surface area contributed by atoms with Crippen LogP contribution in [0.15, 0.2) is 34.3 Å². The molecule has 2 nitrogen and oxygen atoms in total. The van der Waals surface area contributed by atoms with Gasteiger partial charge in [-0.15, -0.1) is 11.3 Å². The summed E-state index contributed by atoms with van der Waals surface area (Å²) in [6.07, 6.45) is 1.74. The van der Waals surface area contributed by atoms with Gasteiger partial charge in [-0.3, -0.25) is 0 Å². The average molecular weight is 221 g/mol. The monoisotopic (exact) mass is 221 g/mol. The average Bonchev–Trinajstić information content (AvgIpc) is 2.85. The maximum atomic E-state index is 5.37. The van der Waals surface area contributed by atoms with Crippen molar-refractivity contribution in [3.8, 4) is 0 Å². The molecule has 0 saturated heterocycles. The third-order valence-electron chi connectivity index (χ3n) is 2.51. The first-order valence-electron chi connectivity index (χ1n) is 5.07. The SMILES string of the molecule is Cc1ccoc1CN[C@@H](C)c1cccs1. The summed E-state index contributed by atoms with van der Waals surface area (Å²) in [5, 5.41) is 5.55. The fourth-order valence-electron chi connectivity index (χ4n) is 1.47. The number of hydrogen-bond donors (Lipinski definition) is 1. The number of furan rings is 1. The smallest absolute Gasteiger partial charge is 0.120 e. The fraction of sp³-hybridized carbons (Fsp3) is 0.333. The van der Waals surface area contributed by atoms with E-state index in [1.54, 1.807) is 17.6 Å². The van der Waals surface area contributed by atoms with Crippen molar-refractivity contribution in [1.29, 1.82) is 0 Å². The summed E-state index contributed by atoms with van der Waals surface area (Å²) >= 11 is 1.78. The van der Waals surface area contributed by atoms with E-state index < -0.39 is 0 Å². The number of aryl methyl sites for hydroxylation is 1. The van der Waals surface area contributed by atoms with Gasteiger partial charge in [-0.05, 0) is 36.9 Å². The summed E-state index contributed by atoms with van der Waals surface area (Å²) in [5.74, 6) is 1.03. The van der Waals surface area contributed by atoms with Crippen LogP contribution in [0.25, 0.3) is 0 Å². The molecule has 3 heteroatoms. The van der Waals surface area contributed by atoms with Crippen molar-refractivity contribution in [3.63, 3.8) is 0 Å². The predicted octanol–water partition coefficient (Wildman–Crippen LogP) is 3.50. The molecular weight excluding hydrogens is 206 g/mol. The molecule has 0 aromatic carbocycles. The predicted molar refractivity (Wildman–Crippen MR) is 63.0 cm³/mol. The Bertz CT molecular complexity index is 405. The van der Waals surface area contributed by atoms with Crippen molar-refractivity contribution in [2.45, 2.75) is 26.4 Å². The summed E-state index contributed by atoms with van der Waals surface area (Å²) in [6, 6.07) is 6.61. The van der Waals surface area contributed by atoms with Crippen LogP contribution >= 0.6 is 11.3 Å². The maximum absolute atomic E-state index is 5.37. The van der Waals surface area contributed by atoms with Crippen molar-refractivity contribution in [1.82, 2.24) is 5.32 Å². The molecule has 0 fully saturated rings. The maximum Gasteiger partial charge on any atom is 0.120 e. The van der Waals surface area contributed by atoms with Gasteiger partial charge in [-0.1, -0.05) is 6.07 Å². The lowest BCUT2D eigenvalue weighted by Gasteiger charge is -2.10. The zero-order valence-corrected chi connectivity index (χ0v) is 9.80. The lowest BCUT2D eigenvalue weighted by molar-refractivity contribution is 0.460. The topological polar surface area (TPSA) is 25.2 Å². The Balaban J connectivity index is 1.91. The van der Waals surface area contributed by atoms with Crippen LogP contribution in [0, 0.1) is 6.92 Å². The minimum atomic E-state index is 0.384. The molecular formula is C12H15NOS. The first-order valence-corrected chi connectivity index (χ1v) is 5.95. The Morgan fingerprint density at radius 3 is 2.93 bits per heavy atom. The zero-order valence-electron chi connectivity index (χ0n) is 8.99. The molecule has 0 amide bonds. The van der Waals surface area contributed by atoms with E-state index in [1.165, 1.54) is 10.4 Å². The van der Waals surface area contributed by atoms with Gasteiger partial charge in [-0.2, -0.15) is 0 Å². The molecule has 0 unspecified atom stereocenters. The van der Waals surface area contributed by atoms with E-state index in [0.717, 1.165) is 12.3 Å². The third kappa shape index (κ3) is 2.49. The molecule has 0 aliphatic heterocycles. The van der Waals surface area contributed by atoms with Crippen LogP contribution in [0.4, 0.5) is 0 Å². The summed E-state index contributed by atoms with van der Waals surface area (Å²) in [5.41, 5.74) is 1.21. The summed E-state index contributed by atoms with van der Waals surface area (Å²) in [6.45, 7) is 5.03. The van der Waals surface area contributed by atoms with Gasteiger partial charge in [0.05, 0.1) is 12.8 Å². The van der Waals surface area contributed by atoms with E-state index >= 15 is 0 Å². The van der Waals surface area contributed by atoms with Crippen LogP contribution in [0.3, 0.4) is 0 Å². The normalized spacial score (nSPS) is 12.9. The molecule has 0 spiro atoms. The van der Waals surface area contributed by atoms with Crippen molar-refractivity contribution in [3.05, 3.63) is 46.0 Å². The van der Waals surface area contributed by atoms with Gasteiger partial charge in [0.1, 0.15) is 5.76 Å². The Labute approximate surface area is 93.9 Å². The second-order valence-corrected chi connectivity index (χ2v) is 4.62. The van der Waals surface area contributed by atoms with Crippen molar-refractivity contribution < 1.29 is 4.42 Å². The number of hydrogen-bond acceptors (Lipinski definition) is 3. The highest BCUT2D eigenvalue weighted by Crippen LogP contribution is 2.19. The van der Waals surface area contributed by atoms with Crippen molar-refractivity contribution in [2.24, 2.45) is 0 Å². The van der Waals surface area contributed by atoms with E-state index in [2.05, 4.69) is 36.7 Å². The van der Waals surface area contributed by atoms with Gasteiger partial charge in [0.25, 0.3) is 0 Å². The standard InChI is InChI=1S/C12H15NOS/c1-9-5-6-14-11(9)8-13-10(2)12-4-3-7-15-12/h3-7,10,13H,8H2,1-2H3/t10-/m0/s1. The molecule has 0 bridgehead atoms.